The summed E-state index contributed by atoms with van der Waals surface area (Å²) in [7, 11) is 0. The molecule has 4 nitrogen and oxygen atoms in total. The average molecular weight is 243 g/mol. The maximum Gasteiger partial charge on any atom is 0.267 e. The number of aromatic nitrogens is 2. The molecule has 0 saturated carbocycles. The molecule has 94 valence electrons. The first-order valence-corrected chi connectivity index (χ1v) is 5.93. The minimum Gasteiger partial charge on any atom is -0.326 e. The van der Waals surface area contributed by atoms with Gasteiger partial charge in [0.05, 0.1) is 12.2 Å². The van der Waals surface area contributed by atoms with Gasteiger partial charge in [0.15, 0.2) is 0 Å². The maximum absolute atomic E-state index is 11.9. The third-order valence-electron chi connectivity index (χ3n) is 2.92. The van der Waals surface area contributed by atoms with Crippen LogP contribution in [-0.2, 0) is 13.1 Å². The summed E-state index contributed by atoms with van der Waals surface area (Å²) in [5, 5.41) is 4.29. The second kappa shape index (κ2) is 5.14. The van der Waals surface area contributed by atoms with Gasteiger partial charge in [0.25, 0.3) is 5.56 Å². The highest BCUT2D eigenvalue weighted by Gasteiger charge is 2.04. The Hall–Kier alpha value is -1.94. The van der Waals surface area contributed by atoms with Gasteiger partial charge in [-0.2, -0.15) is 5.10 Å². The molecule has 0 aliphatic heterocycles. The van der Waals surface area contributed by atoms with Crippen LogP contribution in [0.4, 0.5) is 0 Å². The lowest BCUT2D eigenvalue weighted by molar-refractivity contribution is 0.621. The molecule has 0 amide bonds. The molecule has 2 rings (SSSR count). The van der Waals surface area contributed by atoms with Crippen LogP contribution >= 0.6 is 0 Å². The molecule has 18 heavy (non-hydrogen) atoms. The molecule has 0 saturated heterocycles. The van der Waals surface area contributed by atoms with Crippen LogP contribution < -0.4 is 11.3 Å². The SMILES string of the molecule is Cc1cccc(Cn2nc(C)c(CN)cc2=O)c1. The number of nitrogens with two attached hydrogens (primary N) is 1. The van der Waals surface area contributed by atoms with Gasteiger partial charge < -0.3 is 5.73 Å². The van der Waals surface area contributed by atoms with E-state index in [1.807, 2.05) is 32.0 Å². The van der Waals surface area contributed by atoms with Crippen molar-refractivity contribution in [3.63, 3.8) is 0 Å². The third-order valence-corrected chi connectivity index (χ3v) is 2.92. The molecule has 0 bridgehead atoms. The van der Waals surface area contributed by atoms with Crippen LogP contribution in [0.2, 0.25) is 0 Å². The van der Waals surface area contributed by atoms with Crippen molar-refractivity contribution in [3.8, 4) is 0 Å². The zero-order valence-corrected chi connectivity index (χ0v) is 10.7. The molecule has 0 aliphatic carbocycles. The molecule has 1 aromatic heterocycles. The Balaban J connectivity index is 2.35. The minimum atomic E-state index is -0.109. The molecular weight excluding hydrogens is 226 g/mol. The zero-order chi connectivity index (χ0) is 13.1. The van der Waals surface area contributed by atoms with Crippen molar-refractivity contribution in [2.45, 2.75) is 26.9 Å². The molecule has 0 fully saturated rings. The second-order valence-electron chi connectivity index (χ2n) is 4.44. The van der Waals surface area contributed by atoms with E-state index in [9.17, 15) is 4.79 Å². The summed E-state index contributed by atoms with van der Waals surface area (Å²) in [6.45, 7) is 4.74. The summed E-state index contributed by atoms with van der Waals surface area (Å²) in [4.78, 5) is 11.9. The highest BCUT2D eigenvalue weighted by Crippen LogP contribution is 2.05. The fourth-order valence-corrected chi connectivity index (χ4v) is 1.93. The van der Waals surface area contributed by atoms with Crippen LogP contribution in [0.3, 0.4) is 0 Å². The quantitative estimate of drug-likeness (QED) is 0.885. The largest absolute Gasteiger partial charge is 0.326 e. The number of rotatable bonds is 3. The van der Waals surface area contributed by atoms with E-state index in [1.54, 1.807) is 6.07 Å². The Morgan fingerprint density at radius 3 is 2.72 bits per heavy atom. The van der Waals surface area contributed by atoms with E-state index in [4.69, 9.17) is 5.73 Å². The van der Waals surface area contributed by atoms with Gasteiger partial charge in [-0.15, -0.1) is 0 Å². The highest BCUT2D eigenvalue weighted by atomic mass is 16.1. The van der Waals surface area contributed by atoms with Gasteiger partial charge in [0.1, 0.15) is 0 Å². The lowest BCUT2D eigenvalue weighted by atomic mass is 10.1. The summed E-state index contributed by atoms with van der Waals surface area (Å²) in [5.74, 6) is 0. The standard InChI is InChI=1S/C14H17N3O/c1-10-4-3-5-12(6-10)9-17-14(18)7-13(8-15)11(2)16-17/h3-7H,8-9,15H2,1-2H3. The van der Waals surface area contributed by atoms with Crippen molar-refractivity contribution in [1.82, 2.24) is 9.78 Å². The van der Waals surface area contributed by atoms with E-state index in [2.05, 4.69) is 11.2 Å². The first kappa shape index (κ1) is 12.5. The summed E-state index contributed by atoms with van der Waals surface area (Å²) >= 11 is 0. The van der Waals surface area contributed by atoms with Crippen LogP contribution in [0, 0.1) is 13.8 Å². The molecule has 1 heterocycles. The van der Waals surface area contributed by atoms with Gasteiger partial charge >= 0.3 is 0 Å². The van der Waals surface area contributed by atoms with Gasteiger partial charge in [0, 0.05) is 12.6 Å². The average Bonchev–Trinajstić information content (AvgIpc) is 2.33. The van der Waals surface area contributed by atoms with Gasteiger partial charge in [-0.25, -0.2) is 4.68 Å². The summed E-state index contributed by atoms with van der Waals surface area (Å²) in [6, 6.07) is 9.63. The summed E-state index contributed by atoms with van der Waals surface area (Å²) in [6.07, 6.45) is 0. The Labute approximate surface area is 106 Å². The van der Waals surface area contributed by atoms with E-state index >= 15 is 0 Å². The maximum atomic E-state index is 11.9. The van der Waals surface area contributed by atoms with E-state index < -0.39 is 0 Å². The molecule has 2 N–H and O–H groups in total. The Bertz CT molecular complexity index is 617. The Kier molecular flexibility index (Phi) is 3.58. The van der Waals surface area contributed by atoms with E-state index in [-0.39, 0.29) is 5.56 Å². The van der Waals surface area contributed by atoms with Crippen LogP contribution in [0.25, 0.3) is 0 Å². The fraction of sp³-hybridized carbons (Fsp3) is 0.286. The number of aryl methyl sites for hydroxylation is 2. The number of hydrogen-bond donors (Lipinski definition) is 1. The van der Waals surface area contributed by atoms with E-state index in [0.29, 0.717) is 13.1 Å². The van der Waals surface area contributed by atoms with Gasteiger partial charge in [-0.05, 0) is 25.0 Å². The summed E-state index contributed by atoms with van der Waals surface area (Å²) < 4.78 is 1.48. The number of hydrogen-bond acceptors (Lipinski definition) is 3. The second-order valence-corrected chi connectivity index (χ2v) is 4.44. The smallest absolute Gasteiger partial charge is 0.267 e. The van der Waals surface area contributed by atoms with Crippen molar-refractivity contribution >= 4 is 0 Å². The van der Waals surface area contributed by atoms with Crippen molar-refractivity contribution in [2.24, 2.45) is 5.73 Å². The monoisotopic (exact) mass is 243 g/mol. The molecule has 0 unspecified atom stereocenters. The molecule has 0 atom stereocenters. The fourth-order valence-electron chi connectivity index (χ4n) is 1.93. The minimum absolute atomic E-state index is 0.109. The van der Waals surface area contributed by atoms with Crippen LogP contribution in [0.1, 0.15) is 22.4 Å². The third kappa shape index (κ3) is 2.65. The van der Waals surface area contributed by atoms with Crippen LogP contribution in [-0.4, -0.2) is 9.78 Å². The highest BCUT2D eigenvalue weighted by molar-refractivity contribution is 5.23. The Morgan fingerprint density at radius 1 is 1.28 bits per heavy atom. The molecule has 2 aromatic rings. The molecular formula is C14H17N3O. The summed E-state index contributed by atoms with van der Waals surface area (Å²) in [5.41, 5.74) is 9.31. The van der Waals surface area contributed by atoms with Gasteiger partial charge in [0.2, 0.25) is 0 Å². The normalized spacial score (nSPS) is 10.6. The van der Waals surface area contributed by atoms with Crippen LogP contribution in [0.15, 0.2) is 35.1 Å². The van der Waals surface area contributed by atoms with Crippen molar-refractivity contribution < 1.29 is 0 Å². The predicted octanol–water partition coefficient (Wildman–Crippen LogP) is 1.37. The lowest BCUT2D eigenvalue weighted by Crippen LogP contribution is -2.25. The van der Waals surface area contributed by atoms with Crippen LogP contribution in [0.5, 0.6) is 0 Å². The van der Waals surface area contributed by atoms with Crippen molar-refractivity contribution in [2.75, 3.05) is 0 Å². The van der Waals surface area contributed by atoms with Gasteiger partial charge in [-0.3, -0.25) is 4.79 Å². The molecule has 0 aliphatic rings. The number of benzene rings is 1. The molecule has 1 aromatic carbocycles. The van der Waals surface area contributed by atoms with Crippen molar-refractivity contribution in [1.29, 1.82) is 0 Å². The Morgan fingerprint density at radius 2 is 2.06 bits per heavy atom. The van der Waals surface area contributed by atoms with E-state index in [0.717, 1.165) is 16.8 Å². The molecule has 4 heteroatoms. The zero-order valence-electron chi connectivity index (χ0n) is 10.7. The topological polar surface area (TPSA) is 60.9 Å². The first-order chi connectivity index (χ1) is 8.60. The lowest BCUT2D eigenvalue weighted by Gasteiger charge is -2.08. The predicted molar refractivity (Wildman–Crippen MR) is 71.4 cm³/mol. The number of nitrogens with zero attached hydrogens (tertiary/aromatic N) is 2. The molecule has 0 radical (unpaired) electrons. The van der Waals surface area contributed by atoms with Crippen molar-refractivity contribution in [3.05, 3.63) is 63.1 Å². The van der Waals surface area contributed by atoms with Gasteiger partial charge in [-0.1, -0.05) is 29.8 Å². The van der Waals surface area contributed by atoms with E-state index in [1.165, 1.54) is 10.2 Å². The first-order valence-electron chi connectivity index (χ1n) is 5.93. The molecule has 0 spiro atoms.